The highest BCUT2D eigenvalue weighted by molar-refractivity contribution is 6.31. The number of halogens is 1. The zero-order valence-corrected chi connectivity index (χ0v) is 15.3. The van der Waals surface area contributed by atoms with Gasteiger partial charge in [-0.1, -0.05) is 35.9 Å². The van der Waals surface area contributed by atoms with Crippen LogP contribution in [0.5, 0.6) is 5.75 Å². The molecule has 132 valence electrons. The standard InChI is InChI=1S/C21H18ClNO3/c1-25-17-10-8-13(22)11-16(17)18-15-9-7-12-5-3-4-6-14(12)19(15)23-20(18)21(24)26-2/h3-6,8,10-11,23H,7,9H2,1-2H3. The van der Waals surface area contributed by atoms with E-state index in [1.807, 2.05) is 24.3 Å². The number of fused-ring (bicyclic) bond motifs is 3. The first-order valence-corrected chi connectivity index (χ1v) is 8.77. The van der Waals surface area contributed by atoms with Crippen LogP contribution < -0.4 is 4.74 Å². The van der Waals surface area contributed by atoms with E-state index >= 15 is 0 Å². The molecule has 3 aromatic rings. The third-order valence-corrected chi connectivity index (χ3v) is 5.09. The summed E-state index contributed by atoms with van der Waals surface area (Å²) in [7, 11) is 2.99. The van der Waals surface area contributed by atoms with E-state index in [-0.39, 0.29) is 0 Å². The predicted octanol–water partition coefficient (Wildman–Crippen LogP) is 4.90. The maximum atomic E-state index is 12.5. The van der Waals surface area contributed by atoms with E-state index in [2.05, 4.69) is 17.1 Å². The van der Waals surface area contributed by atoms with Crippen LogP contribution in [-0.2, 0) is 17.6 Å². The molecule has 0 aliphatic heterocycles. The summed E-state index contributed by atoms with van der Waals surface area (Å²) in [4.78, 5) is 15.8. The molecule has 0 radical (unpaired) electrons. The summed E-state index contributed by atoms with van der Waals surface area (Å²) in [5.41, 5.74) is 6.45. The molecule has 1 aromatic heterocycles. The van der Waals surface area contributed by atoms with Gasteiger partial charge in [-0.3, -0.25) is 0 Å². The highest BCUT2D eigenvalue weighted by Crippen LogP contribution is 2.44. The lowest BCUT2D eigenvalue weighted by molar-refractivity contribution is 0.0596. The summed E-state index contributed by atoms with van der Waals surface area (Å²) in [6.07, 6.45) is 1.74. The van der Waals surface area contributed by atoms with E-state index < -0.39 is 5.97 Å². The highest BCUT2D eigenvalue weighted by atomic mass is 35.5. The van der Waals surface area contributed by atoms with Crippen molar-refractivity contribution in [1.29, 1.82) is 0 Å². The summed E-state index contributed by atoms with van der Waals surface area (Å²) >= 11 is 6.24. The summed E-state index contributed by atoms with van der Waals surface area (Å²) in [5.74, 6) is 0.258. The van der Waals surface area contributed by atoms with E-state index in [0.29, 0.717) is 16.5 Å². The van der Waals surface area contributed by atoms with E-state index in [4.69, 9.17) is 21.1 Å². The first-order valence-electron chi connectivity index (χ1n) is 8.39. The van der Waals surface area contributed by atoms with Gasteiger partial charge in [-0.25, -0.2) is 4.79 Å². The van der Waals surface area contributed by atoms with Crippen LogP contribution in [0.2, 0.25) is 5.02 Å². The zero-order valence-electron chi connectivity index (χ0n) is 14.6. The number of rotatable bonds is 3. The fourth-order valence-corrected chi connectivity index (χ4v) is 3.86. The lowest BCUT2D eigenvalue weighted by atomic mass is 9.86. The van der Waals surface area contributed by atoms with Crippen LogP contribution in [-0.4, -0.2) is 25.2 Å². The maximum Gasteiger partial charge on any atom is 0.355 e. The van der Waals surface area contributed by atoms with Gasteiger partial charge in [-0.05, 0) is 42.2 Å². The van der Waals surface area contributed by atoms with Gasteiger partial charge in [0.15, 0.2) is 0 Å². The molecule has 0 saturated heterocycles. The van der Waals surface area contributed by atoms with Gasteiger partial charge >= 0.3 is 5.97 Å². The minimum Gasteiger partial charge on any atom is -0.496 e. The summed E-state index contributed by atoms with van der Waals surface area (Å²) in [6, 6.07) is 13.7. The van der Waals surface area contributed by atoms with Crippen molar-refractivity contribution >= 4 is 17.6 Å². The maximum absolute atomic E-state index is 12.5. The number of methoxy groups -OCH3 is 2. The molecule has 4 nitrogen and oxygen atoms in total. The fourth-order valence-electron chi connectivity index (χ4n) is 3.69. The summed E-state index contributed by atoms with van der Waals surface area (Å²) in [5, 5.41) is 0.586. The van der Waals surface area contributed by atoms with Crippen LogP contribution in [0.25, 0.3) is 22.4 Å². The van der Waals surface area contributed by atoms with Gasteiger partial charge in [0.25, 0.3) is 0 Å². The van der Waals surface area contributed by atoms with E-state index in [1.54, 1.807) is 13.2 Å². The van der Waals surface area contributed by atoms with Crippen molar-refractivity contribution in [2.75, 3.05) is 14.2 Å². The third-order valence-electron chi connectivity index (χ3n) is 4.85. The number of nitrogens with one attached hydrogen (secondary N) is 1. The van der Waals surface area contributed by atoms with Crippen molar-refractivity contribution in [3.05, 3.63) is 64.3 Å². The van der Waals surface area contributed by atoms with Crippen LogP contribution >= 0.6 is 11.6 Å². The quantitative estimate of drug-likeness (QED) is 0.670. The van der Waals surface area contributed by atoms with Gasteiger partial charge < -0.3 is 14.5 Å². The van der Waals surface area contributed by atoms with E-state index in [1.165, 1.54) is 12.7 Å². The molecule has 1 N–H and O–H groups in total. The first-order chi connectivity index (χ1) is 12.6. The SMILES string of the molecule is COC(=O)c1[nH]c2c(c1-c1cc(Cl)ccc1OC)CCc1ccccc1-2. The Morgan fingerprint density at radius 3 is 2.65 bits per heavy atom. The molecular formula is C21H18ClNO3. The van der Waals surface area contributed by atoms with Crippen molar-refractivity contribution in [2.45, 2.75) is 12.8 Å². The molecule has 0 unspecified atom stereocenters. The van der Waals surface area contributed by atoms with Gasteiger partial charge in [0.2, 0.25) is 0 Å². The minimum absolute atomic E-state index is 0.408. The number of aryl methyl sites for hydroxylation is 1. The fraction of sp³-hybridized carbons (Fsp3) is 0.190. The molecule has 26 heavy (non-hydrogen) atoms. The Balaban J connectivity index is 2.03. The van der Waals surface area contributed by atoms with Gasteiger partial charge in [0.05, 0.1) is 19.9 Å². The average Bonchev–Trinajstić information content (AvgIpc) is 3.07. The lowest BCUT2D eigenvalue weighted by Gasteiger charge is -2.18. The normalized spacial score (nSPS) is 12.3. The molecule has 0 atom stereocenters. The highest BCUT2D eigenvalue weighted by Gasteiger charge is 2.29. The molecule has 0 amide bonds. The molecule has 4 rings (SSSR count). The molecule has 1 heterocycles. The van der Waals surface area contributed by atoms with Gasteiger partial charge in [0.1, 0.15) is 11.4 Å². The Kier molecular flexibility index (Phi) is 4.21. The first kappa shape index (κ1) is 16.7. The van der Waals surface area contributed by atoms with Crippen LogP contribution in [0.1, 0.15) is 21.6 Å². The Bertz CT molecular complexity index is 1010. The largest absolute Gasteiger partial charge is 0.496 e. The molecule has 1 aliphatic carbocycles. The Morgan fingerprint density at radius 2 is 1.88 bits per heavy atom. The molecule has 2 aromatic carbocycles. The third kappa shape index (κ3) is 2.58. The Labute approximate surface area is 156 Å². The Hall–Kier alpha value is -2.72. The van der Waals surface area contributed by atoms with Crippen molar-refractivity contribution in [3.63, 3.8) is 0 Å². The van der Waals surface area contributed by atoms with Crippen molar-refractivity contribution < 1.29 is 14.3 Å². The van der Waals surface area contributed by atoms with Crippen LogP contribution in [0.3, 0.4) is 0 Å². The van der Waals surface area contributed by atoms with Crippen molar-refractivity contribution in [2.24, 2.45) is 0 Å². The molecule has 1 aliphatic rings. The van der Waals surface area contributed by atoms with Crippen molar-refractivity contribution in [1.82, 2.24) is 4.98 Å². The number of aromatic nitrogens is 1. The van der Waals surface area contributed by atoms with Crippen LogP contribution in [0.15, 0.2) is 42.5 Å². The van der Waals surface area contributed by atoms with Crippen molar-refractivity contribution in [3.8, 4) is 28.1 Å². The number of aromatic amines is 1. The molecular weight excluding hydrogens is 350 g/mol. The minimum atomic E-state index is -0.408. The molecule has 0 saturated carbocycles. The number of carbonyl (C=O) groups excluding carboxylic acids is 1. The summed E-state index contributed by atoms with van der Waals surface area (Å²) in [6.45, 7) is 0. The van der Waals surface area contributed by atoms with Crippen LogP contribution in [0, 0.1) is 0 Å². The van der Waals surface area contributed by atoms with E-state index in [0.717, 1.165) is 40.8 Å². The van der Waals surface area contributed by atoms with Crippen LogP contribution in [0.4, 0.5) is 0 Å². The second kappa shape index (κ2) is 6.54. The second-order valence-electron chi connectivity index (χ2n) is 6.22. The monoisotopic (exact) mass is 367 g/mol. The Morgan fingerprint density at radius 1 is 1.08 bits per heavy atom. The molecule has 5 heteroatoms. The number of hydrogen-bond donors (Lipinski definition) is 1. The molecule has 0 bridgehead atoms. The molecule has 0 fully saturated rings. The van der Waals surface area contributed by atoms with Gasteiger partial charge in [-0.15, -0.1) is 0 Å². The predicted molar refractivity (Wildman–Crippen MR) is 102 cm³/mol. The second-order valence-corrected chi connectivity index (χ2v) is 6.66. The van der Waals surface area contributed by atoms with E-state index in [9.17, 15) is 4.79 Å². The smallest absolute Gasteiger partial charge is 0.355 e. The average molecular weight is 368 g/mol. The number of esters is 1. The van der Waals surface area contributed by atoms with Gasteiger partial charge in [0, 0.05) is 21.7 Å². The van der Waals surface area contributed by atoms with Gasteiger partial charge in [-0.2, -0.15) is 0 Å². The summed E-state index contributed by atoms with van der Waals surface area (Å²) < 4.78 is 10.6. The molecule has 0 spiro atoms. The topological polar surface area (TPSA) is 51.3 Å². The zero-order chi connectivity index (χ0) is 18.3. The number of hydrogen-bond acceptors (Lipinski definition) is 3. The number of benzene rings is 2. The number of H-pyrrole nitrogens is 1. The number of ether oxygens (including phenoxy) is 2. The lowest BCUT2D eigenvalue weighted by Crippen LogP contribution is -2.05. The number of carbonyl (C=O) groups is 1.